The predicted octanol–water partition coefficient (Wildman–Crippen LogP) is 5.58. The Morgan fingerprint density at radius 1 is 1.18 bits per heavy atom. The Balaban J connectivity index is 1.61. The Morgan fingerprint density at radius 3 is 2.62 bits per heavy atom. The van der Waals surface area contributed by atoms with E-state index in [0.29, 0.717) is 47.7 Å². The maximum absolute atomic E-state index is 14.1. The Labute approximate surface area is 269 Å². The van der Waals surface area contributed by atoms with Crippen molar-refractivity contribution in [2.24, 2.45) is 4.99 Å². The van der Waals surface area contributed by atoms with Crippen LogP contribution in [0.4, 0.5) is 10.1 Å². The molecule has 45 heavy (non-hydrogen) atoms. The van der Waals surface area contributed by atoms with Gasteiger partial charge in [0.2, 0.25) is 0 Å². The number of nitrogens with zero attached hydrogens (tertiary/aromatic N) is 3. The van der Waals surface area contributed by atoms with Crippen molar-refractivity contribution in [1.82, 2.24) is 4.57 Å². The molecule has 0 amide bonds. The minimum absolute atomic E-state index is 0.0218. The molecule has 3 aromatic carbocycles. The van der Waals surface area contributed by atoms with Gasteiger partial charge < -0.3 is 14.2 Å². The number of benzene rings is 3. The fraction of sp³-hybridized carbons (Fsp3) is 0.219. The highest BCUT2D eigenvalue weighted by Gasteiger charge is 2.34. The van der Waals surface area contributed by atoms with Crippen LogP contribution in [0, 0.1) is 15.9 Å². The highest BCUT2D eigenvalue weighted by atomic mass is 79.9. The highest BCUT2D eigenvalue weighted by molar-refractivity contribution is 9.10. The lowest BCUT2D eigenvalue weighted by Crippen LogP contribution is -2.40. The maximum Gasteiger partial charge on any atom is 0.338 e. The third kappa shape index (κ3) is 6.59. The zero-order valence-electron chi connectivity index (χ0n) is 24.6. The van der Waals surface area contributed by atoms with Crippen LogP contribution in [0.3, 0.4) is 0 Å². The Morgan fingerprint density at radius 2 is 1.93 bits per heavy atom. The summed E-state index contributed by atoms with van der Waals surface area (Å²) < 4.78 is 33.2. The monoisotopic (exact) mass is 695 g/mol. The topological polar surface area (TPSA) is 122 Å². The Hall–Kier alpha value is -4.62. The molecule has 232 valence electrons. The van der Waals surface area contributed by atoms with E-state index in [2.05, 4.69) is 20.9 Å². The summed E-state index contributed by atoms with van der Waals surface area (Å²) in [6, 6.07) is 14.4. The molecule has 1 atom stereocenters. The van der Waals surface area contributed by atoms with Crippen molar-refractivity contribution in [3.8, 4) is 11.5 Å². The predicted molar refractivity (Wildman–Crippen MR) is 170 cm³/mol. The number of non-ortho nitro benzene ring substituents is 1. The van der Waals surface area contributed by atoms with E-state index in [1.165, 1.54) is 35.9 Å². The summed E-state index contributed by atoms with van der Waals surface area (Å²) in [4.78, 5) is 43.2. The summed E-state index contributed by atoms with van der Waals surface area (Å²) in [5.74, 6) is -0.337. The molecule has 1 aromatic heterocycles. The number of thiazole rings is 1. The molecule has 5 rings (SSSR count). The van der Waals surface area contributed by atoms with E-state index in [0.717, 1.165) is 11.3 Å². The van der Waals surface area contributed by atoms with Crippen LogP contribution in [0.15, 0.2) is 86.2 Å². The number of allylic oxidation sites excluding steroid dienone is 1. The number of nitro benzene ring substituents is 1. The van der Waals surface area contributed by atoms with Crippen LogP contribution < -0.4 is 24.4 Å². The zero-order valence-corrected chi connectivity index (χ0v) is 27.0. The van der Waals surface area contributed by atoms with Gasteiger partial charge in [0, 0.05) is 22.2 Å². The molecule has 0 aliphatic carbocycles. The number of carbonyl (C=O) groups excluding carboxylic acids is 1. The summed E-state index contributed by atoms with van der Waals surface area (Å²) in [5, 5.41) is 11.6. The second-order valence-corrected chi connectivity index (χ2v) is 12.2. The number of aromatic nitrogens is 1. The second-order valence-electron chi connectivity index (χ2n) is 10.3. The number of nitro groups is 1. The first-order chi connectivity index (χ1) is 21.5. The van der Waals surface area contributed by atoms with Crippen molar-refractivity contribution < 1.29 is 28.3 Å². The first kappa shape index (κ1) is 31.8. The first-order valence-electron chi connectivity index (χ1n) is 13.7. The minimum atomic E-state index is -1.01. The van der Waals surface area contributed by atoms with Crippen molar-refractivity contribution in [2.45, 2.75) is 39.5 Å². The van der Waals surface area contributed by atoms with E-state index in [-0.39, 0.29) is 23.7 Å². The van der Waals surface area contributed by atoms with Crippen LogP contribution >= 0.6 is 27.3 Å². The molecule has 0 fully saturated rings. The largest absolute Gasteiger partial charge is 0.493 e. The van der Waals surface area contributed by atoms with E-state index in [1.54, 1.807) is 63.2 Å². The fourth-order valence-electron chi connectivity index (χ4n) is 4.83. The maximum atomic E-state index is 14.1. The lowest BCUT2D eigenvalue weighted by atomic mass is 9.95. The molecule has 1 aliphatic heterocycles. The molecule has 0 bridgehead atoms. The molecule has 4 aromatic rings. The van der Waals surface area contributed by atoms with E-state index < -0.39 is 28.6 Å². The second kappa shape index (κ2) is 13.2. The molecule has 0 radical (unpaired) electrons. The number of methoxy groups -OCH3 is 1. The molecule has 0 N–H and O–H groups in total. The van der Waals surface area contributed by atoms with Crippen molar-refractivity contribution in [3.63, 3.8) is 0 Å². The van der Waals surface area contributed by atoms with Crippen LogP contribution in [0.5, 0.6) is 11.5 Å². The molecule has 13 heteroatoms. The summed E-state index contributed by atoms with van der Waals surface area (Å²) in [6.07, 6.45) is 1.20. The van der Waals surface area contributed by atoms with Crippen molar-refractivity contribution in [1.29, 1.82) is 0 Å². The molecule has 1 aliphatic rings. The summed E-state index contributed by atoms with van der Waals surface area (Å²) in [5.41, 5.74) is 1.13. The average molecular weight is 697 g/mol. The normalized spacial score (nSPS) is 14.6. The van der Waals surface area contributed by atoms with E-state index >= 15 is 0 Å². The van der Waals surface area contributed by atoms with Crippen molar-refractivity contribution in [2.75, 3.05) is 7.11 Å². The number of hydrogen-bond acceptors (Lipinski definition) is 9. The number of carbonyl (C=O) groups is 1. The molecule has 10 nitrogen and oxygen atoms in total. The number of fused-ring (bicyclic) bond motifs is 1. The van der Waals surface area contributed by atoms with Gasteiger partial charge in [0.1, 0.15) is 12.4 Å². The average Bonchev–Trinajstić information content (AvgIpc) is 3.30. The lowest BCUT2D eigenvalue weighted by molar-refractivity contribution is -0.384. The smallest absolute Gasteiger partial charge is 0.338 e. The van der Waals surface area contributed by atoms with Gasteiger partial charge in [0.15, 0.2) is 16.3 Å². The minimum Gasteiger partial charge on any atom is -0.493 e. The van der Waals surface area contributed by atoms with E-state index in [9.17, 15) is 24.1 Å². The van der Waals surface area contributed by atoms with E-state index in [1.807, 2.05) is 0 Å². The molecular formula is C32H27BrFN3O7S. The van der Waals surface area contributed by atoms with Gasteiger partial charge in [0.05, 0.1) is 40.0 Å². The van der Waals surface area contributed by atoms with E-state index in [4.69, 9.17) is 14.2 Å². The van der Waals surface area contributed by atoms with Crippen molar-refractivity contribution in [3.05, 3.63) is 129 Å². The molecule has 0 unspecified atom stereocenters. The summed E-state index contributed by atoms with van der Waals surface area (Å²) in [7, 11) is 1.47. The van der Waals surface area contributed by atoms with Gasteiger partial charge in [-0.15, -0.1) is 0 Å². The van der Waals surface area contributed by atoms with Crippen molar-refractivity contribution >= 4 is 45.0 Å². The Kier molecular flexibility index (Phi) is 9.30. The van der Waals surface area contributed by atoms with Gasteiger partial charge in [-0.3, -0.25) is 19.5 Å². The molecule has 0 saturated carbocycles. The first-order valence-corrected chi connectivity index (χ1v) is 15.3. The number of hydrogen-bond donors (Lipinski definition) is 0. The Bertz CT molecular complexity index is 2040. The number of rotatable bonds is 9. The molecule has 0 saturated heterocycles. The van der Waals surface area contributed by atoms with Crippen LogP contribution in [0.2, 0.25) is 0 Å². The van der Waals surface area contributed by atoms with Gasteiger partial charge in [-0.1, -0.05) is 57.6 Å². The zero-order chi connectivity index (χ0) is 32.4. The molecular weight excluding hydrogens is 669 g/mol. The fourth-order valence-corrected chi connectivity index (χ4v) is 6.30. The number of halogens is 2. The molecule has 2 heterocycles. The standard InChI is InChI=1S/C32H27BrFN3O7S/c1-17(2)44-31(39)28-18(3)35-32-36(29(28)19-9-7-10-22(12-19)37(40)41)30(38)27(45-32)14-21-13-25(42-4)26(15-23(21)33)43-16-20-8-5-6-11-24(20)34/h5-15,17,29H,16H2,1-4H3/b27-14+/t29-/m1/s1. The SMILES string of the molecule is COc1cc(/C=c2/sc3n(c2=O)[C@H](c2cccc([N+](=O)[O-])c2)C(C(=O)OC(C)C)=C(C)N=3)c(Br)cc1OCc1ccccc1F. The third-order valence-electron chi connectivity index (χ3n) is 6.89. The van der Waals surface area contributed by atoms with Gasteiger partial charge in [0.25, 0.3) is 11.2 Å². The van der Waals surface area contributed by atoms with Gasteiger partial charge in [-0.05, 0) is 56.2 Å². The number of esters is 1. The van der Waals surface area contributed by atoms with Gasteiger partial charge in [-0.25, -0.2) is 14.2 Å². The quantitative estimate of drug-likeness (QED) is 0.127. The lowest BCUT2D eigenvalue weighted by Gasteiger charge is -2.25. The van der Waals surface area contributed by atoms with Crippen LogP contribution in [0.25, 0.3) is 6.08 Å². The van der Waals surface area contributed by atoms with Crippen LogP contribution in [0.1, 0.15) is 43.5 Å². The molecule has 0 spiro atoms. The van der Waals surface area contributed by atoms with Crippen LogP contribution in [-0.4, -0.2) is 28.7 Å². The number of ether oxygens (including phenoxy) is 3. The highest BCUT2D eigenvalue weighted by Crippen LogP contribution is 2.35. The van der Waals surface area contributed by atoms with Gasteiger partial charge in [-0.2, -0.15) is 0 Å². The summed E-state index contributed by atoms with van der Waals surface area (Å²) >= 11 is 4.64. The van der Waals surface area contributed by atoms with Gasteiger partial charge >= 0.3 is 5.97 Å². The van der Waals surface area contributed by atoms with Crippen LogP contribution in [-0.2, 0) is 16.1 Å². The third-order valence-corrected chi connectivity index (χ3v) is 8.56. The summed E-state index contributed by atoms with van der Waals surface area (Å²) in [6.45, 7) is 5.02.